The van der Waals surface area contributed by atoms with Crippen LogP contribution in [0.5, 0.6) is 5.75 Å². The molecule has 0 aromatic carbocycles. The van der Waals surface area contributed by atoms with Gasteiger partial charge >= 0.3 is 7.12 Å². The van der Waals surface area contributed by atoms with Gasteiger partial charge in [0.1, 0.15) is 6.61 Å². The fourth-order valence-corrected chi connectivity index (χ4v) is 2.14. The number of pyridine rings is 2. The van der Waals surface area contributed by atoms with Gasteiger partial charge in [0.15, 0.2) is 11.6 Å². The van der Waals surface area contributed by atoms with Gasteiger partial charge in [0, 0.05) is 17.9 Å². The summed E-state index contributed by atoms with van der Waals surface area (Å²) in [6.07, 6.45) is 3.21. The normalized spacial score (nSPS) is 13.6. The lowest BCUT2D eigenvalue weighted by atomic mass is 9.82. The van der Waals surface area contributed by atoms with Crippen molar-refractivity contribution in [1.82, 2.24) is 9.97 Å². The summed E-state index contributed by atoms with van der Waals surface area (Å²) in [4.78, 5) is 10.7. The van der Waals surface area contributed by atoms with E-state index >= 15 is 0 Å². The Morgan fingerprint density at radius 3 is 2.90 bits per heavy atom. The molecule has 3 heterocycles. The summed E-state index contributed by atoms with van der Waals surface area (Å²) in [5.74, 6) is 1.59. The molecule has 20 heavy (non-hydrogen) atoms. The van der Waals surface area contributed by atoms with Gasteiger partial charge in [-0.2, -0.15) is 0 Å². The lowest BCUT2D eigenvalue weighted by Crippen LogP contribution is -2.34. The standard InChI is InChI=1S/C13H14BN3O3/c18-14(19)10-3-4-11(16-8-10)9-17-6-7-20-12-2-1-5-15-13(12)17/h1-5,8,18-19H,6-7,9H2. The zero-order valence-corrected chi connectivity index (χ0v) is 10.8. The number of hydrogen-bond donors (Lipinski definition) is 2. The van der Waals surface area contributed by atoms with Crippen molar-refractivity contribution in [1.29, 1.82) is 0 Å². The van der Waals surface area contributed by atoms with Gasteiger partial charge in [0.25, 0.3) is 0 Å². The molecule has 0 amide bonds. The van der Waals surface area contributed by atoms with E-state index in [1.54, 1.807) is 18.3 Å². The number of hydrogen-bond acceptors (Lipinski definition) is 6. The summed E-state index contributed by atoms with van der Waals surface area (Å²) in [6, 6.07) is 7.19. The maximum atomic E-state index is 9.04. The molecule has 7 heteroatoms. The molecule has 2 aromatic rings. The quantitative estimate of drug-likeness (QED) is 0.736. The van der Waals surface area contributed by atoms with E-state index in [2.05, 4.69) is 14.9 Å². The Morgan fingerprint density at radius 1 is 1.25 bits per heavy atom. The molecule has 1 aliphatic heterocycles. The Balaban J connectivity index is 1.78. The highest BCUT2D eigenvalue weighted by atomic mass is 16.5. The Morgan fingerprint density at radius 2 is 2.15 bits per heavy atom. The van der Waals surface area contributed by atoms with Crippen LogP contribution in [0.15, 0.2) is 36.7 Å². The van der Waals surface area contributed by atoms with E-state index in [-0.39, 0.29) is 0 Å². The number of nitrogens with zero attached hydrogens (tertiary/aromatic N) is 3. The SMILES string of the molecule is OB(O)c1ccc(CN2CCOc3cccnc32)nc1. The third-order valence-electron chi connectivity index (χ3n) is 3.17. The molecule has 3 rings (SSSR count). The Kier molecular flexibility index (Phi) is 3.53. The van der Waals surface area contributed by atoms with Crippen molar-refractivity contribution in [2.45, 2.75) is 6.54 Å². The van der Waals surface area contributed by atoms with E-state index in [1.165, 1.54) is 6.20 Å². The summed E-state index contributed by atoms with van der Waals surface area (Å²) < 4.78 is 5.55. The number of anilines is 1. The maximum Gasteiger partial charge on any atom is 0.490 e. The summed E-state index contributed by atoms with van der Waals surface area (Å²) in [5.41, 5.74) is 1.22. The van der Waals surface area contributed by atoms with E-state index in [0.29, 0.717) is 18.6 Å². The zero-order valence-electron chi connectivity index (χ0n) is 10.8. The van der Waals surface area contributed by atoms with Gasteiger partial charge in [0.05, 0.1) is 18.8 Å². The molecule has 2 N–H and O–H groups in total. The molecule has 0 bridgehead atoms. The van der Waals surface area contributed by atoms with Crippen LogP contribution in [-0.2, 0) is 6.54 Å². The van der Waals surface area contributed by atoms with Gasteiger partial charge in [-0.15, -0.1) is 0 Å². The smallest absolute Gasteiger partial charge is 0.488 e. The molecule has 102 valence electrons. The molecule has 6 nitrogen and oxygen atoms in total. The molecular weight excluding hydrogens is 257 g/mol. The topological polar surface area (TPSA) is 78.7 Å². The first-order chi connectivity index (χ1) is 9.74. The zero-order chi connectivity index (χ0) is 13.9. The van der Waals surface area contributed by atoms with Crippen LogP contribution in [0.3, 0.4) is 0 Å². The number of aromatic nitrogens is 2. The molecule has 1 aliphatic rings. The van der Waals surface area contributed by atoms with Gasteiger partial charge < -0.3 is 19.7 Å². The van der Waals surface area contributed by atoms with Crippen LogP contribution in [0.4, 0.5) is 5.82 Å². The van der Waals surface area contributed by atoms with E-state index in [4.69, 9.17) is 14.8 Å². The van der Waals surface area contributed by atoms with E-state index < -0.39 is 7.12 Å². The Bertz CT molecular complexity index is 592. The van der Waals surface area contributed by atoms with Crippen molar-refractivity contribution in [3.05, 3.63) is 42.4 Å². The molecule has 0 saturated heterocycles. The summed E-state index contributed by atoms with van der Waals surface area (Å²) >= 11 is 0. The van der Waals surface area contributed by atoms with E-state index in [1.807, 2.05) is 12.1 Å². The van der Waals surface area contributed by atoms with Crippen molar-refractivity contribution < 1.29 is 14.8 Å². The fourth-order valence-electron chi connectivity index (χ4n) is 2.14. The second-order valence-corrected chi connectivity index (χ2v) is 4.55. The summed E-state index contributed by atoms with van der Waals surface area (Å²) in [6.45, 7) is 1.97. The fraction of sp³-hybridized carbons (Fsp3) is 0.231. The van der Waals surface area contributed by atoms with Gasteiger partial charge in [-0.3, -0.25) is 4.98 Å². The second kappa shape index (κ2) is 5.48. The summed E-state index contributed by atoms with van der Waals surface area (Å²) in [7, 11) is -1.48. The summed E-state index contributed by atoms with van der Waals surface area (Å²) in [5, 5.41) is 18.1. The number of ether oxygens (including phenoxy) is 1. The largest absolute Gasteiger partial charge is 0.490 e. The third kappa shape index (κ3) is 2.59. The van der Waals surface area contributed by atoms with Crippen LogP contribution in [0.1, 0.15) is 5.69 Å². The lowest BCUT2D eigenvalue weighted by Gasteiger charge is -2.29. The van der Waals surface area contributed by atoms with Gasteiger partial charge in [-0.1, -0.05) is 6.07 Å². The minimum absolute atomic E-state index is 0.384. The van der Waals surface area contributed by atoms with E-state index in [0.717, 1.165) is 23.8 Å². The first kappa shape index (κ1) is 12.9. The van der Waals surface area contributed by atoms with Crippen LogP contribution in [0.25, 0.3) is 0 Å². The molecule has 0 radical (unpaired) electrons. The average molecular weight is 271 g/mol. The minimum Gasteiger partial charge on any atom is -0.488 e. The first-order valence-corrected chi connectivity index (χ1v) is 6.38. The van der Waals surface area contributed by atoms with Crippen molar-refractivity contribution >= 4 is 18.4 Å². The molecule has 2 aromatic heterocycles. The second-order valence-electron chi connectivity index (χ2n) is 4.55. The highest BCUT2D eigenvalue weighted by Gasteiger charge is 2.19. The molecule has 0 fully saturated rings. The van der Waals surface area contributed by atoms with Gasteiger partial charge in [0.2, 0.25) is 0 Å². The maximum absolute atomic E-state index is 9.04. The molecule has 0 aliphatic carbocycles. The monoisotopic (exact) mass is 271 g/mol. The molecule has 0 spiro atoms. The minimum atomic E-state index is -1.48. The van der Waals surface area contributed by atoms with Crippen LogP contribution < -0.4 is 15.1 Å². The Hall–Kier alpha value is -2.12. The molecule has 0 unspecified atom stereocenters. The highest BCUT2D eigenvalue weighted by Crippen LogP contribution is 2.29. The van der Waals surface area contributed by atoms with E-state index in [9.17, 15) is 0 Å². The van der Waals surface area contributed by atoms with Crippen molar-refractivity contribution in [2.75, 3.05) is 18.1 Å². The predicted molar refractivity (Wildman–Crippen MR) is 74.8 cm³/mol. The van der Waals surface area contributed by atoms with Crippen LogP contribution in [-0.4, -0.2) is 40.3 Å². The van der Waals surface area contributed by atoms with Crippen molar-refractivity contribution in [2.24, 2.45) is 0 Å². The van der Waals surface area contributed by atoms with Crippen molar-refractivity contribution in [3.8, 4) is 5.75 Å². The average Bonchev–Trinajstić information content (AvgIpc) is 2.48. The van der Waals surface area contributed by atoms with Crippen LogP contribution in [0.2, 0.25) is 0 Å². The molecular formula is C13H14BN3O3. The number of fused-ring (bicyclic) bond motifs is 1. The molecule has 0 saturated carbocycles. The number of rotatable bonds is 3. The highest BCUT2D eigenvalue weighted by molar-refractivity contribution is 6.58. The first-order valence-electron chi connectivity index (χ1n) is 6.38. The Labute approximate surface area is 116 Å². The van der Waals surface area contributed by atoms with Gasteiger partial charge in [-0.05, 0) is 18.2 Å². The third-order valence-corrected chi connectivity index (χ3v) is 3.17. The lowest BCUT2D eigenvalue weighted by molar-refractivity contribution is 0.304. The van der Waals surface area contributed by atoms with Crippen LogP contribution in [0, 0.1) is 0 Å². The van der Waals surface area contributed by atoms with Crippen LogP contribution >= 0.6 is 0 Å². The predicted octanol–water partition coefficient (Wildman–Crippen LogP) is -0.445. The van der Waals surface area contributed by atoms with Gasteiger partial charge in [-0.25, -0.2) is 4.98 Å². The van der Waals surface area contributed by atoms with Crippen molar-refractivity contribution in [3.63, 3.8) is 0 Å². The molecule has 0 atom stereocenters.